The molecule has 0 fully saturated rings. The first-order chi connectivity index (χ1) is 12.1. The molecule has 3 amide bonds. The van der Waals surface area contributed by atoms with Gasteiger partial charge in [-0.15, -0.1) is 10.2 Å². The molecule has 9 heteroatoms. The molecule has 0 bridgehead atoms. The maximum atomic E-state index is 12.1. The number of hydrogen-bond donors (Lipinski definition) is 3. The molecule has 0 aliphatic carbocycles. The van der Waals surface area contributed by atoms with Gasteiger partial charge in [0.2, 0.25) is 11.0 Å². The van der Waals surface area contributed by atoms with Gasteiger partial charge < -0.3 is 10.6 Å². The molecule has 140 valence electrons. The standard InChI is InChI=1S/C17H23N5O2S2/c1-10-6-7-12(8-11(10)2)18-14(24)19-15-21-22-16(26-15)25-9-13(23)20-17(3,4)5/h6-8H,9H2,1-5H3,(H,20,23)(H2,18,19,21,24). The molecule has 1 aromatic heterocycles. The lowest BCUT2D eigenvalue weighted by Gasteiger charge is -2.19. The van der Waals surface area contributed by atoms with Crippen LogP contribution in [-0.2, 0) is 4.79 Å². The lowest BCUT2D eigenvalue weighted by atomic mass is 10.1. The van der Waals surface area contributed by atoms with Crippen molar-refractivity contribution in [1.82, 2.24) is 15.5 Å². The maximum absolute atomic E-state index is 12.1. The third-order valence-corrected chi connectivity index (χ3v) is 5.20. The lowest BCUT2D eigenvalue weighted by molar-refractivity contribution is -0.119. The van der Waals surface area contributed by atoms with Crippen molar-refractivity contribution in [3.05, 3.63) is 29.3 Å². The van der Waals surface area contributed by atoms with Crippen molar-refractivity contribution in [2.45, 2.75) is 44.5 Å². The van der Waals surface area contributed by atoms with Crippen molar-refractivity contribution in [2.75, 3.05) is 16.4 Å². The number of hydrogen-bond acceptors (Lipinski definition) is 6. The Balaban J connectivity index is 1.84. The number of carbonyl (C=O) groups is 2. The molecular weight excluding hydrogens is 370 g/mol. The number of urea groups is 1. The van der Waals surface area contributed by atoms with Crippen LogP contribution < -0.4 is 16.0 Å². The van der Waals surface area contributed by atoms with Gasteiger partial charge in [0.1, 0.15) is 0 Å². The molecule has 0 atom stereocenters. The Labute approximate surface area is 161 Å². The fourth-order valence-electron chi connectivity index (χ4n) is 1.98. The molecule has 0 saturated heterocycles. The normalized spacial score (nSPS) is 11.1. The second-order valence-corrected chi connectivity index (χ2v) is 9.04. The van der Waals surface area contributed by atoms with Crippen LogP contribution in [0.15, 0.2) is 22.5 Å². The van der Waals surface area contributed by atoms with E-state index in [0.29, 0.717) is 15.2 Å². The molecule has 0 radical (unpaired) electrons. The smallest absolute Gasteiger partial charge is 0.325 e. The Hall–Kier alpha value is -2.13. The zero-order chi connectivity index (χ0) is 19.3. The van der Waals surface area contributed by atoms with Crippen molar-refractivity contribution >= 4 is 45.9 Å². The number of rotatable bonds is 5. The fraction of sp³-hybridized carbons (Fsp3) is 0.412. The molecule has 0 aliphatic rings. The van der Waals surface area contributed by atoms with Gasteiger partial charge in [0.25, 0.3) is 0 Å². The van der Waals surface area contributed by atoms with E-state index in [1.807, 2.05) is 52.8 Å². The van der Waals surface area contributed by atoms with Crippen LogP contribution >= 0.6 is 23.1 Å². The summed E-state index contributed by atoms with van der Waals surface area (Å²) in [5.74, 6) is 0.181. The van der Waals surface area contributed by atoms with E-state index in [4.69, 9.17) is 0 Å². The number of carbonyl (C=O) groups excluding carboxylic acids is 2. The number of nitrogens with one attached hydrogen (secondary N) is 3. The fourth-order valence-corrected chi connectivity index (χ4v) is 3.53. The number of aromatic nitrogens is 2. The maximum Gasteiger partial charge on any atom is 0.325 e. The van der Waals surface area contributed by atoms with Gasteiger partial charge in [-0.1, -0.05) is 29.2 Å². The van der Waals surface area contributed by atoms with Crippen LogP contribution in [0.3, 0.4) is 0 Å². The van der Waals surface area contributed by atoms with Gasteiger partial charge in [-0.25, -0.2) is 4.79 Å². The highest BCUT2D eigenvalue weighted by Gasteiger charge is 2.15. The number of amides is 3. The molecule has 7 nitrogen and oxygen atoms in total. The largest absolute Gasteiger partial charge is 0.351 e. The summed E-state index contributed by atoms with van der Waals surface area (Å²) in [5, 5.41) is 16.6. The zero-order valence-corrected chi connectivity index (χ0v) is 17.1. The third-order valence-electron chi connectivity index (χ3n) is 3.23. The Morgan fingerprint density at radius 3 is 2.50 bits per heavy atom. The minimum atomic E-state index is -0.383. The van der Waals surface area contributed by atoms with Crippen molar-refractivity contribution in [1.29, 1.82) is 0 Å². The minimum absolute atomic E-state index is 0.0697. The van der Waals surface area contributed by atoms with Crippen molar-refractivity contribution in [2.24, 2.45) is 0 Å². The summed E-state index contributed by atoms with van der Waals surface area (Å²) in [6.07, 6.45) is 0. The van der Waals surface area contributed by atoms with E-state index < -0.39 is 0 Å². The molecule has 2 rings (SSSR count). The summed E-state index contributed by atoms with van der Waals surface area (Å²) in [5.41, 5.74) is 2.71. The van der Waals surface area contributed by atoms with Crippen LogP contribution in [0.1, 0.15) is 31.9 Å². The number of anilines is 2. The zero-order valence-electron chi connectivity index (χ0n) is 15.5. The van der Waals surface area contributed by atoms with Crippen LogP contribution in [0, 0.1) is 13.8 Å². The summed E-state index contributed by atoms with van der Waals surface area (Å²) in [6.45, 7) is 9.79. The Kier molecular flexibility index (Phi) is 6.60. The highest BCUT2D eigenvalue weighted by molar-refractivity contribution is 8.01. The van der Waals surface area contributed by atoms with Crippen LogP contribution in [0.4, 0.5) is 15.6 Å². The first kappa shape index (κ1) is 20.2. The summed E-state index contributed by atoms with van der Waals surface area (Å²) < 4.78 is 0.621. The van der Waals surface area contributed by atoms with Crippen LogP contribution in [0.2, 0.25) is 0 Å². The molecule has 0 aliphatic heterocycles. The molecule has 0 spiro atoms. The van der Waals surface area contributed by atoms with E-state index in [0.717, 1.165) is 11.1 Å². The summed E-state index contributed by atoms with van der Waals surface area (Å²) in [7, 11) is 0. The molecule has 1 heterocycles. The van der Waals surface area contributed by atoms with E-state index in [1.165, 1.54) is 23.1 Å². The molecule has 26 heavy (non-hydrogen) atoms. The first-order valence-corrected chi connectivity index (χ1v) is 9.85. The Morgan fingerprint density at radius 2 is 1.85 bits per heavy atom. The van der Waals surface area contributed by atoms with Crippen LogP contribution in [0.5, 0.6) is 0 Å². The van der Waals surface area contributed by atoms with E-state index >= 15 is 0 Å². The second-order valence-electron chi connectivity index (χ2n) is 6.84. The van der Waals surface area contributed by atoms with E-state index in [9.17, 15) is 9.59 Å². The van der Waals surface area contributed by atoms with Crippen molar-refractivity contribution < 1.29 is 9.59 Å². The van der Waals surface area contributed by atoms with E-state index in [1.54, 1.807) is 0 Å². The third kappa shape index (κ3) is 6.64. The molecule has 0 unspecified atom stereocenters. The van der Waals surface area contributed by atoms with E-state index in [2.05, 4.69) is 26.1 Å². The molecule has 2 aromatic rings. The number of benzene rings is 1. The minimum Gasteiger partial charge on any atom is -0.351 e. The van der Waals surface area contributed by atoms with Gasteiger partial charge in [0, 0.05) is 11.2 Å². The summed E-state index contributed by atoms with van der Waals surface area (Å²) in [6, 6.07) is 5.32. The average Bonchev–Trinajstić information content (AvgIpc) is 2.94. The monoisotopic (exact) mass is 393 g/mol. The van der Waals surface area contributed by atoms with Gasteiger partial charge in [0.15, 0.2) is 4.34 Å². The quantitative estimate of drug-likeness (QED) is 0.530. The molecular formula is C17H23N5O2S2. The Bertz CT molecular complexity index is 799. The molecule has 3 N–H and O–H groups in total. The highest BCUT2D eigenvalue weighted by atomic mass is 32.2. The van der Waals surface area contributed by atoms with Crippen LogP contribution in [0.25, 0.3) is 0 Å². The lowest BCUT2D eigenvalue weighted by Crippen LogP contribution is -2.41. The summed E-state index contributed by atoms with van der Waals surface area (Å²) >= 11 is 2.51. The predicted molar refractivity (Wildman–Crippen MR) is 107 cm³/mol. The van der Waals surface area contributed by atoms with Gasteiger partial charge in [-0.05, 0) is 57.9 Å². The van der Waals surface area contributed by atoms with Gasteiger partial charge >= 0.3 is 6.03 Å². The van der Waals surface area contributed by atoms with Gasteiger partial charge in [-0.2, -0.15) is 0 Å². The van der Waals surface area contributed by atoms with Crippen molar-refractivity contribution in [3.63, 3.8) is 0 Å². The highest BCUT2D eigenvalue weighted by Crippen LogP contribution is 2.25. The second kappa shape index (κ2) is 8.50. The molecule has 0 saturated carbocycles. The average molecular weight is 394 g/mol. The summed E-state index contributed by atoms with van der Waals surface area (Å²) in [4.78, 5) is 23.9. The molecule has 1 aromatic carbocycles. The number of thioether (sulfide) groups is 1. The first-order valence-electron chi connectivity index (χ1n) is 8.05. The Morgan fingerprint density at radius 1 is 1.12 bits per heavy atom. The predicted octanol–water partition coefficient (Wildman–Crippen LogP) is 3.81. The van der Waals surface area contributed by atoms with Crippen molar-refractivity contribution in [3.8, 4) is 0 Å². The van der Waals surface area contributed by atoms with Gasteiger partial charge in [0.05, 0.1) is 5.75 Å². The number of aryl methyl sites for hydroxylation is 2. The topological polar surface area (TPSA) is 96.0 Å². The van der Waals surface area contributed by atoms with E-state index in [-0.39, 0.29) is 23.2 Å². The SMILES string of the molecule is Cc1ccc(NC(=O)Nc2nnc(SCC(=O)NC(C)(C)C)s2)cc1C. The number of nitrogens with zero attached hydrogens (tertiary/aromatic N) is 2. The van der Waals surface area contributed by atoms with Gasteiger partial charge in [-0.3, -0.25) is 10.1 Å². The van der Waals surface area contributed by atoms with Crippen LogP contribution in [-0.4, -0.2) is 33.4 Å².